The molecule has 0 aliphatic carbocycles. The molecule has 1 aromatic rings. The molecule has 0 bridgehead atoms. The maximum Gasteiger partial charge on any atom is 0.407 e. The number of nitrogens with zero attached hydrogens (tertiary/aromatic N) is 2. The van der Waals surface area contributed by atoms with Crippen molar-refractivity contribution >= 4 is 45.5 Å². The molecule has 10 nitrogen and oxygen atoms in total. The Hall–Kier alpha value is -2.95. The Morgan fingerprint density at radius 1 is 1.16 bits per heavy atom. The van der Waals surface area contributed by atoms with E-state index in [2.05, 4.69) is 31.3 Å². The number of benzene rings is 1. The van der Waals surface area contributed by atoms with Crippen LogP contribution in [0.4, 0.5) is 4.79 Å². The molecule has 1 aliphatic heterocycles. The zero-order chi connectivity index (χ0) is 24.0. The Labute approximate surface area is 194 Å². The second kappa shape index (κ2) is 11.1. The molecule has 4 amide bonds. The Balaban J connectivity index is 2.14. The van der Waals surface area contributed by atoms with Crippen LogP contribution in [0.3, 0.4) is 0 Å². The van der Waals surface area contributed by atoms with Crippen molar-refractivity contribution in [1.82, 2.24) is 20.4 Å². The van der Waals surface area contributed by atoms with E-state index in [-0.39, 0.29) is 37.4 Å². The van der Waals surface area contributed by atoms with Crippen LogP contribution in [0.5, 0.6) is 0 Å². The van der Waals surface area contributed by atoms with Crippen LogP contribution in [-0.2, 0) is 19.1 Å². The first-order valence-electron chi connectivity index (χ1n) is 10.0. The van der Waals surface area contributed by atoms with Gasteiger partial charge in [0.25, 0.3) is 0 Å². The van der Waals surface area contributed by atoms with Crippen LogP contribution in [0.15, 0.2) is 28.7 Å². The van der Waals surface area contributed by atoms with Gasteiger partial charge in [-0.3, -0.25) is 19.2 Å². The number of amides is 4. The normalized spacial score (nSPS) is 16.5. The summed E-state index contributed by atoms with van der Waals surface area (Å²) in [6.07, 6.45) is -0.777. The highest BCUT2D eigenvalue weighted by Gasteiger charge is 2.42. The van der Waals surface area contributed by atoms with Crippen LogP contribution in [0.25, 0.3) is 0 Å². The number of halogens is 1. The number of nitrogens with one attached hydrogen (secondary N) is 2. The number of hydrogen-bond acceptors (Lipinski definition) is 6. The van der Waals surface area contributed by atoms with Crippen LogP contribution in [0.1, 0.15) is 31.1 Å². The van der Waals surface area contributed by atoms with Crippen molar-refractivity contribution in [2.45, 2.75) is 32.9 Å². The molecule has 174 valence electrons. The van der Waals surface area contributed by atoms with Crippen LogP contribution in [-0.4, -0.2) is 78.3 Å². The lowest BCUT2D eigenvalue weighted by atomic mass is 10.0. The number of carbonyl (C=O) groups excluding carboxylic acids is 5. The molecule has 1 heterocycles. The molecule has 1 fully saturated rings. The maximum absolute atomic E-state index is 13.2. The molecule has 1 saturated heterocycles. The summed E-state index contributed by atoms with van der Waals surface area (Å²) in [5.74, 6) is -1.97. The molecule has 0 saturated carbocycles. The van der Waals surface area contributed by atoms with E-state index in [1.807, 2.05) is 0 Å². The molecule has 0 spiro atoms. The van der Waals surface area contributed by atoms with E-state index in [1.54, 1.807) is 38.1 Å². The summed E-state index contributed by atoms with van der Waals surface area (Å²) >= 11 is 3.30. The second-order valence-electron chi connectivity index (χ2n) is 7.71. The summed E-state index contributed by atoms with van der Waals surface area (Å²) in [4.78, 5) is 64.6. The standard InChI is InChI=1S/C21H27BrN4O6/c1-12(2)18(24-21(31)32-4)20(30)26-11-25(13(3)27)10-16(26)19(29)23-9-17(28)14-5-7-15(22)8-6-14/h5-8,12,16,18H,9-11H2,1-4H3,(H,23,29)(H,24,31). The summed E-state index contributed by atoms with van der Waals surface area (Å²) < 4.78 is 5.41. The first-order valence-corrected chi connectivity index (χ1v) is 10.8. The summed E-state index contributed by atoms with van der Waals surface area (Å²) in [6, 6.07) is 4.76. The fourth-order valence-electron chi connectivity index (χ4n) is 3.22. The monoisotopic (exact) mass is 510 g/mol. The van der Waals surface area contributed by atoms with Gasteiger partial charge in [-0.2, -0.15) is 0 Å². The molecule has 2 atom stereocenters. The quantitative estimate of drug-likeness (QED) is 0.530. The van der Waals surface area contributed by atoms with E-state index >= 15 is 0 Å². The van der Waals surface area contributed by atoms with Gasteiger partial charge < -0.3 is 25.2 Å². The number of rotatable bonds is 7. The van der Waals surface area contributed by atoms with Crippen molar-refractivity contribution in [3.8, 4) is 0 Å². The van der Waals surface area contributed by atoms with E-state index in [1.165, 1.54) is 23.8 Å². The van der Waals surface area contributed by atoms with E-state index in [4.69, 9.17) is 0 Å². The number of methoxy groups -OCH3 is 1. The average molecular weight is 511 g/mol. The molecule has 1 aliphatic rings. The van der Waals surface area contributed by atoms with Crippen molar-refractivity contribution in [1.29, 1.82) is 0 Å². The van der Waals surface area contributed by atoms with Crippen LogP contribution < -0.4 is 10.6 Å². The zero-order valence-electron chi connectivity index (χ0n) is 18.4. The minimum atomic E-state index is -0.996. The maximum atomic E-state index is 13.2. The molecule has 32 heavy (non-hydrogen) atoms. The molecule has 1 aromatic carbocycles. The van der Waals surface area contributed by atoms with E-state index in [0.29, 0.717) is 5.56 Å². The minimum Gasteiger partial charge on any atom is -0.453 e. The number of carbonyl (C=O) groups is 5. The Kier molecular flexibility index (Phi) is 8.76. The number of Topliss-reactive ketones (excluding diaryl/α,β-unsaturated/α-hetero) is 1. The summed E-state index contributed by atoms with van der Waals surface area (Å²) in [6.45, 7) is 4.45. The predicted molar refractivity (Wildman–Crippen MR) is 119 cm³/mol. The van der Waals surface area contributed by atoms with Gasteiger partial charge in [0, 0.05) is 17.0 Å². The summed E-state index contributed by atoms with van der Waals surface area (Å²) in [7, 11) is 1.18. The van der Waals surface area contributed by atoms with Gasteiger partial charge in [0.15, 0.2) is 5.78 Å². The largest absolute Gasteiger partial charge is 0.453 e. The molecule has 11 heteroatoms. The predicted octanol–water partition coefficient (Wildman–Crippen LogP) is 1.15. The molecular formula is C21H27BrN4O6. The highest BCUT2D eigenvalue weighted by molar-refractivity contribution is 9.10. The Bertz CT molecular complexity index is 889. The second-order valence-corrected chi connectivity index (χ2v) is 8.63. The third kappa shape index (κ3) is 6.28. The van der Waals surface area contributed by atoms with E-state index in [9.17, 15) is 24.0 Å². The van der Waals surface area contributed by atoms with Crippen LogP contribution in [0, 0.1) is 5.92 Å². The fourth-order valence-corrected chi connectivity index (χ4v) is 3.49. The average Bonchev–Trinajstić information content (AvgIpc) is 3.21. The smallest absolute Gasteiger partial charge is 0.407 e. The van der Waals surface area contributed by atoms with Crippen molar-refractivity contribution < 1.29 is 28.7 Å². The van der Waals surface area contributed by atoms with E-state index < -0.39 is 30.0 Å². The highest BCUT2D eigenvalue weighted by Crippen LogP contribution is 2.18. The number of alkyl carbamates (subject to hydrolysis) is 1. The lowest BCUT2D eigenvalue weighted by molar-refractivity contribution is -0.141. The Morgan fingerprint density at radius 2 is 1.78 bits per heavy atom. The Morgan fingerprint density at radius 3 is 2.31 bits per heavy atom. The van der Waals surface area contributed by atoms with Crippen molar-refractivity contribution in [2.24, 2.45) is 5.92 Å². The van der Waals surface area contributed by atoms with E-state index in [0.717, 1.165) is 4.47 Å². The van der Waals surface area contributed by atoms with Crippen molar-refractivity contribution in [2.75, 3.05) is 26.9 Å². The molecular weight excluding hydrogens is 484 g/mol. The van der Waals surface area contributed by atoms with Crippen LogP contribution in [0.2, 0.25) is 0 Å². The van der Waals surface area contributed by atoms with Gasteiger partial charge in [-0.05, 0) is 18.1 Å². The van der Waals surface area contributed by atoms with Gasteiger partial charge >= 0.3 is 6.09 Å². The summed E-state index contributed by atoms with van der Waals surface area (Å²) in [5, 5.41) is 5.03. The van der Waals surface area contributed by atoms with Crippen LogP contribution >= 0.6 is 15.9 Å². The fraction of sp³-hybridized carbons (Fsp3) is 0.476. The molecule has 0 aromatic heterocycles. The van der Waals surface area contributed by atoms with Gasteiger partial charge in [0.1, 0.15) is 12.1 Å². The lowest BCUT2D eigenvalue weighted by Gasteiger charge is -2.29. The number of ether oxygens (including phenoxy) is 1. The summed E-state index contributed by atoms with van der Waals surface area (Å²) in [5.41, 5.74) is 0.431. The third-order valence-corrected chi connectivity index (χ3v) is 5.63. The van der Waals surface area contributed by atoms with Gasteiger partial charge in [-0.25, -0.2) is 4.79 Å². The molecule has 0 radical (unpaired) electrons. The minimum absolute atomic E-state index is 0.0115. The molecule has 2 unspecified atom stereocenters. The van der Waals surface area contributed by atoms with Gasteiger partial charge in [-0.1, -0.05) is 41.9 Å². The lowest BCUT2D eigenvalue weighted by Crippen LogP contribution is -2.56. The van der Waals surface area contributed by atoms with Crippen molar-refractivity contribution in [3.05, 3.63) is 34.3 Å². The molecule has 2 rings (SSSR count). The zero-order valence-corrected chi connectivity index (χ0v) is 20.0. The molecule has 2 N–H and O–H groups in total. The number of ketones is 1. The van der Waals surface area contributed by atoms with Gasteiger partial charge in [-0.15, -0.1) is 0 Å². The third-order valence-electron chi connectivity index (χ3n) is 5.10. The van der Waals surface area contributed by atoms with Gasteiger partial charge in [0.05, 0.1) is 26.9 Å². The van der Waals surface area contributed by atoms with Gasteiger partial charge in [0.2, 0.25) is 17.7 Å². The number of hydrogen-bond donors (Lipinski definition) is 2. The first kappa shape index (κ1) is 25.3. The highest BCUT2D eigenvalue weighted by atomic mass is 79.9. The topological polar surface area (TPSA) is 125 Å². The SMILES string of the molecule is COC(=O)NC(C(=O)N1CN(C(C)=O)CC1C(=O)NCC(=O)c1ccc(Br)cc1)C(C)C. The first-order chi connectivity index (χ1) is 15.0. The van der Waals surface area contributed by atoms with Crippen molar-refractivity contribution in [3.63, 3.8) is 0 Å².